The summed E-state index contributed by atoms with van der Waals surface area (Å²) >= 11 is 0. The molecule has 0 aliphatic carbocycles. The van der Waals surface area contributed by atoms with Gasteiger partial charge in [0, 0.05) is 12.0 Å². The lowest BCUT2D eigenvalue weighted by atomic mass is 9.97. The fourth-order valence-corrected chi connectivity index (χ4v) is 2.37. The standard InChI is InChI=1S/C20H18N2O2/c1-3-19(12-22-2)24-14-16-8-15(13-23)9-18(10-16)20-7-5-4-6-17(20)11-21/h4-10,12-13H,2-3,14H2,1H3/b19-12-. The zero-order chi connectivity index (χ0) is 17.4. The third kappa shape index (κ3) is 4.17. The van der Waals surface area contributed by atoms with Crippen molar-refractivity contribution in [2.45, 2.75) is 20.0 Å². The molecule has 0 bridgehead atoms. The number of hydrogen-bond acceptors (Lipinski definition) is 4. The van der Waals surface area contributed by atoms with E-state index >= 15 is 0 Å². The fourth-order valence-electron chi connectivity index (χ4n) is 2.37. The summed E-state index contributed by atoms with van der Waals surface area (Å²) in [6.07, 6.45) is 3.08. The minimum atomic E-state index is 0.318. The van der Waals surface area contributed by atoms with E-state index in [1.807, 2.05) is 31.2 Å². The van der Waals surface area contributed by atoms with Crippen LogP contribution in [-0.2, 0) is 11.3 Å². The van der Waals surface area contributed by atoms with Crippen molar-refractivity contribution in [3.05, 3.63) is 71.1 Å². The van der Waals surface area contributed by atoms with E-state index in [1.54, 1.807) is 24.4 Å². The van der Waals surface area contributed by atoms with Gasteiger partial charge in [-0.1, -0.05) is 25.1 Å². The first-order valence-electron chi connectivity index (χ1n) is 7.58. The second-order valence-corrected chi connectivity index (χ2v) is 5.16. The van der Waals surface area contributed by atoms with E-state index < -0.39 is 0 Å². The van der Waals surface area contributed by atoms with Crippen molar-refractivity contribution in [1.82, 2.24) is 0 Å². The Kier molecular flexibility index (Phi) is 6.04. The average Bonchev–Trinajstić information content (AvgIpc) is 2.64. The van der Waals surface area contributed by atoms with Crippen LogP contribution in [0.25, 0.3) is 11.1 Å². The van der Waals surface area contributed by atoms with E-state index in [0.29, 0.717) is 24.2 Å². The highest BCUT2D eigenvalue weighted by Gasteiger charge is 2.08. The third-order valence-corrected chi connectivity index (χ3v) is 3.52. The number of aliphatic imine (C=N–C) groups is 1. The number of benzene rings is 2. The number of allylic oxidation sites excluding steroid dienone is 1. The summed E-state index contributed by atoms with van der Waals surface area (Å²) < 4.78 is 5.71. The summed E-state index contributed by atoms with van der Waals surface area (Å²) in [6, 6.07) is 15.0. The molecular formula is C20H18N2O2. The van der Waals surface area contributed by atoms with Gasteiger partial charge < -0.3 is 4.74 Å². The molecule has 2 aromatic carbocycles. The first-order chi connectivity index (χ1) is 11.7. The molecule has 0 aromatic heterocycles. The molecule has 0 aliphatic heterocycles. The van der Waals surface area contributed by atoms with Gasteiger partial charge in [0.15, 0.2) is 0 Å². The quantitative estimate of drug-likeness (QED) is 0.429. The van der Waals surface area contributed by atoms with Crippen molar-refractivity contribution >= 4 is 13.0 Å². The highest BCUT2D eigenvalue weighted by atomic mass is 16.5. The minimum Gasteiger partial charge on any atom is -0.492 e. The number of carbonyl (C=O) groups excluding carboxylic acids is 1. The van der Waals surface area contributed by atoms with Gasteiger partial charge in [0.1, 0.15) is 18.7 Å². The van der Waals surface area contributed by atoms with Crippen LogP contribution in [0.5, 0.6) is 0 Å². The number of carbonyl (C=O) groups is 1. The Morgan fingerprint density at radius 2 is 2.12 bits per heavy atom. The van der Waals surface area contributed by atoms with Gasteiger partial charge in [0.25, 0.3) is 0 Å². The second-order valence-electron chi connectivity index (χ2n) is 5.16. The van der Waals surface area contributed by atoms with E-state index in [1.165, 1.54) is 0 Å². The largest absolute Gasteiger partial charge is 0.492 e. The van der Waals surface area contributed by atoms with Crippen LogP contribution in [0.2, 0.25) is 0 Å². The van der Waals surface area contributed by atoms with Crippen molar-refractivity contribution < 1.29 is 9.53 Å². The van der Waals surface area contributed by atoms with Crippen LogP contribution in [0.4, 0.5) is 0 Å². The molecule has 0 unspecified atom stereocenters. The maximum atomic E-state index is 11.3. The number of hydrogen-bond donors (Lipinski definition) is 0. The Labute approximate surface area is 141 Å². The molecule has 0 aliphatic rings. The van der Waals surface area contributed by atoms with Crippen molar-refractivity contribution in [3.63, 3.8) is 0 Å². The molecule has 0 saturated carbocycles. The smallest absolute Gasteiger partial charge is 0.150 e. The topological polar surface area (TPSA) is 62.4 Å². The van der Waals surface area contributed by atoms with Crippen molar-refractivity contribution in [1.29, 1.82) is 5.26 Å². The van der Waals surface area contributed by atoms with Crippen molar-refractivity contribution in [2.75, 3.05) is 0 Å². The van der Waals surface area contributed by atoms with Crippen molar-refractivity contribution in [2.24, 2.45) is 4.99 Å². The van der Waals surface area contributed by atoms with Crippen LogP contribution in [0.15, 0.2) is 59.4 Å². The molecule has 2 aromatic rings. The summed E-state index contributed by atoms with van der Waals surface area (Å²) in [6.45, 7) is 5.70. The molecule has 0 atom stereocenters. The van der Waals surface area contributed by atoms with Gasteiger partial charge >= 0.3 is 0 Å². The third-order valence-electron chi connectivity index (χ3n) is 3.52. The van der Waals surface area contributed by atoms with Gasteiger partial charge in [-0.25, -0.2) is 0 Å². The Balaban J connectivity index is 2.38. The lowest BCUT2D eigenvalue weighted by Gasteiger charge is -2.11. The summed E-state index contributed by atoms with van der Waals surface area (Å²) in [7, 11) is 0. The summed E-state index contributed by atoms with van der Waals surface area (Å²) in [5.41, 5.74) is 3.58. The number of rotatable bonds is 7. The zero-order valence-corrected chi connectivity index (χ0v) is 13.5. The molecule has 0 heterocycles. The monoisotopic (exact) mass is 318 g/mol. The minimum absolute atomic E-state index is 0.318. The lowest BCUT2D eigenvalue weighted by Crippen LogP contribution is -1.96. The summed E-state index contributed by atoms with van der Waals surface area (Å²) in [5, 5.41) is 9.27. The maximum Gasteiger partial charge on any atom is 0.150 e. The van der Waals surface area contributed by atoms with Crippen LogP contribution in [0.1, 0.15) is 34.8 Å². The van der Waals surface area contributed by atoms with Crippen LogP contribution in [-0.4, -0.2) is 13.0 Å². The highest BCUT2D eigenvalue weighted by Crippen LogP contribution is 2.26. The fraction of sp³-hybridized carbons (Fsp3) is 0.150. The molecule has 2 rings (SSSR count). The zero-order valence-electron chi connectivity index (χ0n) is 13.5. The van der Waals surface area contributed by atoms with Crippen LogP contribution in [0.3, 0.4) is 0 Å². The van der Waals surface area contributed by atoms with E-state index in [4.69, 9.17) is 4.74 Å². The van der Waals surface area contributed by atoms with Crippen LogP contribution < -0.4 is 0 Å². The Morgan fingerprint density at radius 3 is 2.79 bits per heavy atom. The van der Waals surface area contributed by atoms with Gasteiger partial charge in [0.05, 0.1) is 17.8 Å². The molecule has 4 heteroatoms. The van der Waals surface area contributed by atoms with E-state index in [2.05, 4.69) is 17.8 Å². The van der Waals surface area contributed by atoms with Gasteiger partial charge in [-0.2, -0.15) is 5.26 Å². The molecule has 0 fully saturated rings. The SMILES string of the molecule is C=N/C=C(/CC)OCc1cc(C=O)cc(-c2ccccc2C#N)c1. The molecule has 0 saturated heterocycles. The van der Waals surface area contributed by atoms with Crippen molar-refractivity contribution in [3.8, 4) is 17.2 Å². The van der Waals surface area contributed by atoms with Gasteiger partial charge in [0.2, 0.25) is 0 Å². The average molecular weight is 318 g/mol. The molecule has 4 nitrogen and oxygen atoms in total. The van der Waals surface area contributed by atoms with Gasteiger partial charge in [-0.05, 0) is 47.7 Å². The van der Waals surface area contributed by atoms with Gasteiger partial charge in [-0.3, -0.25) is 9.79 Å². The van der Waals surface area contributed by atoms with Crippen LogP contribution >= 0.6 is 0 Å². The highest BCUT2D eigenvalue weighted by molar-refractivity contribution is 5.81. The summed E-state index contributed by atoms with van der Waals surface area (Å²) in [4.78, 5) is 15.0. The number of aldehydes is 1. The first-order valence-corrected chi connectivity index (χ1v) is 7.58. The second kappa shape index (κ2) is 8.44. The Bertz CT molecular complexity index is 817. The number of nitriles is 1. The summed E-state index contributed by atoms with van der Waals surface area (Å²) in [5.74, 6) is 0.723. The number of nitrogens with zero attached hydrogens (tertiary/aromatic N) is 2. The van der Waals surface area contributed by atoms with Gasteiger partial charge in [-0.15, -0.1) is 0 Å². The molecule has 0 spiro atoms. The van der Waals surface area contributed by atoms with E-state index in [9.17, 15) is 10.1 Å². The normalized spacial score (nSPS) is 10.8. The maximum absolute atomic E-state index is 11.3. The molecule has 0 radical (unpaired) electrons. The molecule has 120 valence electrons. The van der Waals surface area contributed by atoms with Crippen LogP contribution in [0, 0.1) is 11.3 Å². The number of ether oxygens (including phenoxy) is 1. The Hall–Kier alpha value is -3.19. The molecular weight excluding hydrogens is 300 g/mol. The predicted octanol–water partition coefficient (Wildman–Crippen LogP) is 4.51. The molecule has 24 heavy (non-hydrogen) atoms. The van der Waals surface area contributed by atoms with E-state index in [0.717, 1.165) is 28.7 Å². The van der Waals surface area contributed by atoms with E-state index in [-0.39, 0.29) is 0 Å². The molecule has 0 amide bonds. The molecule has 0 N–H and O–H groups in total. The Morgan fingerprint density at radius 1 is 1.33 bits per heavy atom. The lowest BCUT2D eigenvalue weighted by molar-refractivity contribution is 0.112. The first kappa shape index (κ1) is 17.2. The predicted molar refractivity (Wildman–Crippen MR) is 94.7 cm³/mol.